The van der Waals surface area contributed by atoms with Crippen LogP contribution in [0.1, 0.15) is 27.2 Å². The number of quaternary nitrogens is 1. The minimum absolute atomic E-state index is 0.0719. The van der Waals surface area contributed by atoms with Gasteiger partial charge in [0, 0.05) is 4.88 Å². The molecule has 2 rings (SSSR count). The molecule has 1 atom stereocenters. The Bertz CT molecular complexity index is 611. The highest BCUT2D eigenvalue weighted by molar-refractivity contribution is 7.16. The minimum atomic E-state index is -0.473. The van der Waals surface area contributed by atoms with Crippen LogP contribution >= 0.6 is 11.3 Å². The molecule has 0 aliphatic carbocycles. The lowest BCUT2D eigenvalue weighted by Crippen LogP contribution is -2.96. The van der Waals surface area contributed by atoms with E-state index < -0.39 is 12.0 Å². The number of methoxy groups -OCH3 is 1. The van der Waals surface area contributed by atoms with Crippen LogP contribution in [0.3, 0.4) is 0 Å². The van der Waals surface area contributed by atoms with Crippen LogP contribution in [-0.2, 0) is 14.3 Å². The number of thiophene rings is 1. The van der Waals surface area contributed by atoms with Gasteiger partial charge in [-0.15, -0.1) is 11.3 Å². The van der Waals surface area contributed by atoms with Crippen LogP contribution < -0.4 is 16.0 Å². The van der Waals surface area contributed by atoms with Gasteiger partial charge in [0.2, 0.25) is 5.91 Å². The van der Waals surface area contributed by atoms with Gasteiger partial charge in [-0.1, -0.05) is 0 Å². The van der Waals surface area contributed by atoms with Crippen molar-refractivity contribution in [3.63, 3.8) is 0 Å². The first-order valence-corrected chi connectivity index (χ1v) is 7.85. The van der Waals surface area contributed by atoms with Gasteiger partial charge in [0.15, 0.2) is 6.04 Å². The van der Waals surface area contributed by atoms with Crippen LogP contribution in [0.5, 0.6) is 0 Å². The molecule has 0 bridgehead atoms. The molecule has 1 aromatic rings. The van der Waals surface area contributed by atoms with E-state index in [-0.39, 0.29) is 18.2 Å². The number of esters is 1. The topological polar surface area (TPSA) is 101 Å². The molecule has 1 aromatic heterocycles. The van der Waals surface area contributed by atoms with E-state index in [0.717, 1.165) is 17.0 Å². The molecule has 0 saturated carbocycles. The number of ether oxygens (including phenoxy) is 1. The Morgan fingerprint density at radius 1 is 1.45 bits per heavy atom. The quantitative estimate of drug-likeness (QED) is 0.652. The number of nitrogens with two attached hydrogens (primary N) is 1. The Hall–Kier alpha value is -1.93. The van der Waals surface area contributed by atoms with Gasteiger partial charge in [0.05, 0.1) is 32.2 Å². The maximum absolute atomic E-state index is 12.2. The maximum Gasteiger partial charge on any atom is 0.341 e. The van der Waals surface area contributed by atoms with Crippen LogP contribution in [0.4, 0.5) is 5.00 Å². The molecule has 2 heterocycles. The smallest absolute Gasteiger partial charge is 0.341 e. The van der Waals surface area contributed by atoms with E-state index in [0.29, 0.717) is 17.1 Å². The SMILES string of the molecule is COC(=O)c1c(NC(=O)C[C@H]2[NH2+]CCNC2=O)sc(C)c1C. The Morgan fingerprint density at radius 3 is 2.82 bits per heavy atom. The van der Waals surface area contributed by atoms with Crippen molar-refractivity contribution in [3.8, 4) is 0 Å². The number of carbonyl (C=O) groups excluding carboxylic acids is 3. The number of nitrogens with one attached hydrogen (secondary N) is 2. The summed E-state index contributed by atoms with van der Waals surface area (Å²) in [4.78, 5) is 36.6. The fraction of sp³-hybridized carbons (Fsp3) is 0.500. The molecule has 1 aliphatic heterocycles. The van der Waals surface area contributed by atoms with E-state index in [1.165, 1.54) is 18.4 Å². The summed E-state index contributed by atoms with van der Waals surface area (Å²) in [5.74, 6) is -0.892. The number of anilines is 1. The van der Waals surface area contributed by atoms with Gasteiger partial charge < -0.3 is 20.7 Å². The minimum Gasteiger partial charge on any atom is -0.465 e. The third-order valence-electron chi connectivity index (χ3n) is 3.66. The van der Waals surface area contributed by atoms with Crippen molar-refractivity contribution in [2.75, 3.05) is 25.5 Å². The summed E-state index contributed by atoms with van der Waals surface area (Å²) in [5.41, 5.74) is 1.18. The van der Waals surface area contributed by atoms with Crippen molar-refractivity contribution < 1.29 is 24.4 Å². The summed E-state index contributed by atoms with van der Waals surface area (Å²) < 4.78 is 4.77. The van der Waals surface area contributed by atoms with Crippen LogP contribution in [0.2, 0.25) is 0 Å². The number of aryl methyl sites for hydroxylation is 1. The second-order valence-corrected chi connectivity index (χ2v) is 6.38. The first-order valence-electron chi connectivity index (χ1n) is 7.03. The normalized spacial score (nSPS) is 17.8. The Labute approximate surface area is 132 Å². The van der Waals surface area contributed by atoms with E-state index in [2.05, 4.69) is 10.6 Å². The third-order valence-corrected chi connectivity index (χ3v) is 4.79. The average Bonchev–Trinajstić information content (AvgIpc) is 2.75. The van der Waals surface area contributed by atoms with Crippen molar-refractivity contribution in [3.05, 3.63) is 16.0 Å². The van der Waals surface area contributed by atoms with Crippen LogP contribution in [0.25, 0.3) is 0 Å². The molecule has 120 valence electrons. The van der Waals surface area contributed by atoms with Crippen LogP contribution in [0.15, 0.2) is 0 Å². The number of hydrogen-bond acceptors (Lipinski definition) is 5. The van der Waals surface area contributed by atoms with Crippen molar-refractivity contribution in [2.24, 2.45) is 0 Å². The molecule has 0 aromatic carbocycles. The Balaban J connectivity index is 2.10. The third kappa shape index (κ3) is 3.45. The standard InChI is InChI=1S/C14H19N3O4S/c1-7-8(2)22-13(11(7)14(20)21-3)17-10(18)6-9-12(19)16-5-4-15-9/h9,15H,4-6H2,1-3H3,(H,16,19)(H,17,18)/p+1/t9-/m1/s1. The van der Waals surface area contributed by atoms with E-state index in [1.807, 2.05) is 19.2 Å². The number of piperazine rings is 1. The van der Waals surface area contributed by atoms with E-state index in [4.69, 9.17) is 4.74 Å². The number of hydrogen-bond donors (Lipinski definition) is 3. The van der Waals surface area contributed by atoms with E-state index >= 15 is 0 Å². The predicted molar refractivity (Wildman–Crippen MR) is 82.0 cm³/mol. The maximum atomic E-state index is 12.2. The molecule has 1 saturated heterocycles. The molecule has 1 fully saturated rings. The first kappa shape index (κ1) is 16.4. The lowest BCUT2D eigenvalue weighted by atomic mass is 10.1. The molecule has 7 nitrogen and oxygen atoms in total. The van der Waals surface area contributed by atoms with Gasteiger partial charge in [-0.25, -0.2) is 4.79 Å². The largest absolute Gasteiger partial charge is 0.465 e. The van der Waals surface area contributed by atoms with Gasteiger partial charge in [-0.3, -0.25) is 9.59 Å². The molecule has 0 radical (unpaired) electrons. The lowest BCUT2D eigenvalue weighted by molar-refractivity contribution is -0.678. The number of rotatable bonds is 4. The molecule has 0 unspecified atom stereocenters. The Morgan fingerprint density at radius 2 is 2.18 bits per heavy atom. The molecular formula is C14H20N3O4S+. The zero-order valence-corrected chi connectivity index (χ0v) is 13.6. The molecular weight excluding hydrogens is 306 g/mol. The monoisotopic (exact) mass is 326 g/mol. The summed E-state index contributed by atoms with van der Waals surface area (Å²) in [6.07, 6.45) is 0.0719. The average molecular weight is 326 g/mol. The highest BCUT2D eigenvalue weighted by Crippen LogP contribution is 2.33. The highest BCUT2D eigenvalue weighted by atomic mass is 32.1. The zero-order chi connectivity index (χ0) is 16.3. The van der Waals surface area contributed by atoms with Crippen molar-refractivity contribution in [1.82, 2.24) is 5.32 Å². The van der Waals surface area contributed by atoms with Gasteiger partial charge in [0.25, 0.3) is 5.91 Å². The highest BCUT2D eigenvalue weighted by Gasteiger charge is 2.29. The molecule has 4 N–H and O–H groups in total. The fourth-order valence-electron chi connectivity index (χ4n) is 2.33. The molecule has 8 heteroatoms. The number of carbonyl (C=O) groups is 3. The van der Waals surface area contributed by atoms with Crippen LogP contribution in [-0.4, -0.2) is 44.0 Å². The van der Waals surface area contributed by atoms with Crippen molar-refractivity contribution >= 4 is 34.1 Å². The van der Waals surface area contributed by atoms with Crippen LogP contribution in [0, 0.1) is 13.8 Å². The molecule has 1 aliphatic rings. The fourth-order valence-corrected chi connectivity index (χ4v) is 3.40. The lowest BCUT2D eigenvalue weighted by Gasteiger charge is -2.19. The van der Waals surface area contributed by atoms with Crippen molar-refractivity contribution in [2.45, 2.75) is 26.3 Å². The summed E-state index contributed by atoms with van der Waals surface area (Å²) in [6, 6.07) is -0.419. The van der Waals surface area contributed by atoms with Gasteiger partial charge in [-0.2, -0.15) is 0 Å². The van der Waals surface area contributed by atoms with Gasteiger partial charge >= 0.3 is 5.97 Å². The molecule has 2 amide bonds. The second-order valence-electron chi connectivity index (χ2n) is 5.15. The van der Waals surface area contributed by atoms with Crippen molar-refractivity contribution in [1.29, 1.82) is 0 Å². The van der Waals surface area contributed by atoms with Gasteiger partial charge in [0.1, 0.15) is 5.00 Å². The Kier molecular flexibility index (Phi) is 5.15. The summed E-state index contributed by atoms with van der Waals surface area (Å²) >= 11 is 1.33. The summed E-state index contributed by atoms with van der Waals surface area (Å²) in [6.45, 7) is 5.07. The summed E-state index contributed by atoms with van der Waals surface area (Å²) in [7, 11) is 1.31. The van der Waals surface area contributed by atoms with E-state index in [1.54, 1.807) is 0 Å². The second kappa shape index (κ2) is 6.89. The van der Waals surface area contributed by atoms with Gasteiger partial charge in [-0.05, 0) is 19.4 Å². The van der Waals surface area contributed by atoms with E-state index in [9.17, 15) is 14.4 Å². The first-order chi connectivity index (χ1) is 10.4. The summed E-state index contributed by atoms with van der Waals surface area (Å²) in [5, 5.41) is 7.79. The zero-order valence-electron chi connectivity index (χ0n) is 12.8. The molecule has 22 heavy (non-hydrogen) atoms. The predicted octanol–water partition coefficient (Wildman–Crippen LogP) is -0.458. The number of amides is 2. The molecule has 0 spiro atoms.